The Hall–Kier alpha value is -1.94. The van der Waals surface area contributed by atoms with Gasteiger partial charge in [0.05, 0.1) is 12.3 Å². The highest BCUT2D eigenvalue weighted by atomic mass is 35.5. The molecule has 3 rings (SSSR count). The van der Waals surface area contributed by atoms with E-state index in [9.17, 15) is 4.79 Å². The lowest BCUT2D eigenvalue weighted by atomic mass is 9.77. The third-order valence-corrected chi connectivity index (χ3v) is 5.12. The maximum absolute atomic E-state index is 11.6. The summed E-state index contributed by atoms with van der Waals surface area (Å²) in [7, 11) is 0. The smallest absolute Gasteiger partial charge is 0.306 e. The van der Waals surface area contributed by atoms with Crippen molar-refractivity contribution in [2.45, 2.75) is 44.9 Å². The molecule has 0 bridgehead atoms. The molecule has 0 aliphatic heterocycles. The summed E-state index contributed by atoms with van der Waals surface area (Å²) in [4.78, 5) is 11.6. The zero-order chi connectivity index (χ0) is 17.6. The van der Waals surface area contributed by atoms with Gasteiger partial charge in [0.25, 0.3) is 0 Å². The molecule has 1 aromatic carbocycles. The van der Waals surface area contributed by atoms with Crippen molar-refractivity contribution >= 4 is 17.6 Å². The van der Waals surface area contributed by atoms with Crippen molar-refractivity contribution in [2.75, 3.05) is 6.61 Å². The van der Waals surface area contributed by atoms with Gasteiger partial charge in [-0.15, -0.1) is 10.2 Å². The Balaban J connectivity index is 1.57. The summed E-state index contributed by atoms with van der Waals surface area (Å²) in [5.41, 5.74) is 3.23. The van der Waals surface area contributed by atoms with E-state index in [1.807, 2.05) is 13.0 Å². The first-order chi connectivity index (χ1) is 12.2. The summed E-state index contributed by atoms with van der Waals surface area (Å²) in [6.45, 7) is 2.33. The minimum absolute atomic E-state index is 0.0561. The first-order valence-corrected chi connectivity index (χ1v) is 9.28. The standard InChI is InChI=1S/C20H23ClN2O2/c1-2-25-20(24)13-14-3-5-15(6-4-14)16-7-9-17(10-8-16)18-11-12-19(21)23-22-18/h7-12,14-15H,2-6,13H2,1H3. The second-order valence-corrected chi connectivity index (χ2v) is 6.98. The predicted molar refractivity (Wildman–Crippen MR) is 98.4 cm³/mol. The molecule has 25 heavy (non-hydrogen) atoms. The number of carbonyl (C=O) groups is 1. The van der Waals surface area contributed by atoms with Gasteiger partial charge in [0.2, 0.25) is 0 Å². The van der Waals surface area contributed by atoms with Gasteiger partial charge in [-0.2, -0.15) is 0 Å². The summed E-state index contributed by atoms with van der Waals surface area (Å²) in [5.74, 6) is 0.988. The summed E-state index contributed by atoms with van der Waals surface area (Å²) in [6.07, 6.45) is 5.00. The van der Waals surface area contributed by atoms with Crippen LogP contribution in [0.5, 0.6) is 0 Å². The minimum Gasteiger partial charge on any atom is -0.466 e. The van der Waals surface area contributed by atoms with E-state index < -0.39 is 0 Å². The van der Waals surface area contributed by atoms with Gasteiger partial charge in [0, 0.05) is 12.0 Å². The largest absolute Gasteiger partial charge is 0.466 e. The van der Waals surface area contributed by atoms with Crippen LogP contribution in [-0.4, -0.2) is 22.8 Å². The minimum atomic E-state index is -0.0561. The molecule has 1 aromatic heterocycles. The fraction of sp³-hybridized carbons (Fsp3) is 0.450. The van der Waals surface area contributed by atoms with Gasteiger partial charge < -0.3 is 4.74 Å². The van der Waals surface area contributed by atoms with Gasteiger partial charge in [-0.25, -0.2) is 0 Å². The lowest BCUT2D eigenvalue weighted by Gasteiger charge is -2.28. The van der Waals surface area contributed by atoms with E-state index in [1.165, 1.54) is 5.56 Å². The molecule has 1 saturated carbocycles. The first-order valence-electron chi connectivity index (χ1n) is 8.91. The van der Waals surface area contributed by atoms with Crippen LogP contribution in [0.4, 0.5) is 0 Å². The number of hydrogen-bond donors (Lipinski definition) is 0. The molecule has 0 spiro atoms. The maximum atomic E-state index is 11.6. The van der Waals surface area contributed by atoms with Gasteiger partial charge in [-0.05, 0) is 62.1 Å². The van der Waals surface area contributed by atoms with Crippen molar-refractivity contribution in [3.05, 3.63) is 47.1 Å². The van der Waals surface area contributed by atoms with Crippen molar-refractivity contribution in [3.63, 3.8) is 0 Å². The van der Waals surface area contributed by atoms with E-state index in [2.05, 4.69) is 34.5 Å². The van der Waals surface area contributed by atoms with Crippen LogP contribution in [0.3, 0.4) is 0 Å². The molecular weight excluding hydrogens is 336 g/mol. The Bertz CT molecular complexity index is 693. The SMILES string of the molecule is CCOC(=O)CC1CCC(c2ccc(-c3ccc(Cl)nn3)cc2)CC1. The van der Waals surface area contributed by atoms with Crippen LogP contribution < -0.4 is 0 Å². The lowest BCUT2D eigenvalue weighted by Crippen LogP contribution is -2.17. The highest BCUT2D eigenvalue weighted by Crippen LogP contribution is 2.37. The summed E-state index contributed by atoms with van der Waals surface area (Å²) < 4.78 is 5.06. The average molecular weight is 359 g/mol. The van der Waals surface area contributed by atoms with Crippen LogP contribution in [0.15, 0.2) is 36.4 Å². The molecular formula is C20H23ClN2O2. The number of halogens is 1. The number of carbonyl (C=O) groups excluding carboxylic acids is 1. The third kappa shape index (κ3) is 4.79. The first kappa shape index (κ1) is 17.9. The number of rotatable bonds is 5. The zero-order valence-corrected chi connectivity index (χ0v) is 15.2. The Labute approximate surface area is 153 Å². The summed E-state index contributed by atoms with van der Waals surface area (Å²) >= 11 is 5.78. The van der Waals surface area contributed by atoms with Gasteiger partial charge in [-0.3, -0.25) is 4.79 Å². The number of esters is 1. The van der Waals surface area contributed by atoms with E-state index in [0.717, 1.165) is 36.9 Å². The topological polar surface area (TPSA) is 52.1 Å². The Morgan fingerprint density at radius 2 is 1.80 bits per heavy atom. The second-order valence-electron chi connectivity index (χ2n) is 6.59. The fourth-order valence-electron chi connectivity index (χ4n) is 3.55. The van der Waals surface area contributed by atoms with Crippen LogP contribution in [0.25, 0.3) is 11.3 Å². The van der Waals surface area contributed by atoms with E-state index in [1.54, 1.807) is 6.07 Å². The number of hydrogen-bond acceptors (Lipinski definition) is 4. The quantitative estimate of drug-likeness (QED) is 0.704. The van der Waals surface area contributed by atoms with Gasteiger partial charge >= 0.3 is 5.97 Å². The number of nitrogens with zero attached hydrogens (tertiary/aromatic N) is 2. The fourth-order valence-corrected chi connectivity index (χ4v) is 3.65. The van der Waals surface area contributed by atoms with Crippen LogP contribution in [-0.2, 0) is 9.53 Å². The molecule has 0 atom stereocenters. The molecule has 132 valence electrons. The van der Waals surface area contributed by atoms with Crippen LogP contribution in [0.1, 0.15) is 50.5 Å². The molecule has 0 radical (unpaired) electrons. The average Bonchev–Trinajstić information content (AvgIpc) is 2.63. The van der Waals surface area contributed by atoms with Gasteiger partial charge in [0.15, 0.2) is 5.15 Å². The Morgan fingerprint density at radius 1 is 1.08 bits per heavy atom. The van der Waals surface area contributed by atoms with Gasteiger partial charge in [-0.1, -0.05) is 35.9 Å². The van der Waals surface area contributed by atoms with Crippen molar-refractivity contribution in [1.82, 2.24) is 10.2 Å². The van der Waals surface area contributed by atoms with Crippen LogP contribution >= 0.6 is 11.6 Å². The van der Waals surface area contributed by atoms with E-state index in [0.29, 0.717) is 30.0 Å². The molecule has 1 heterocycles. The highest BCUT2D eigenvalue weighted by molar-refractivity contribution is 6.29. The Kier molecular flexibility index (Phi) is 6.03. The second kappa shape index (κ2) is 8.43. The normalized spacial score (nSPS) is 20.2. The molecule has 1 fully saturated rings. The molecule has 1 aliphatic carbocycles. The molecule has 1 aliphatic rings. The van der Waals surface area contributed by atoms with Gasteiger partial charge in [0.1, 0.15) is 0 Å². The predicted octanol–water partition coefficient (Wildman–Crippen LogP) is 5.02. The van der Waals surface area contributed by atoms with E-state index in [-0.39, 0.29) is 5.97 Å². The number of benzene rings is 1. The molecule has 0 N–H and O–H groups in total. The third-order valence-electron chi connectivity index (χ3n) is 4.92. The molecule has 2 aromatic rings. The lowest BCUT2D eigenvalue weighted by molar-refractivity contribution is -0.144. The highest BCUT2D eigenvalue weighted by Gasteiger charge is 2.24. The molecule has 0 amide bonds. The number of aromatic nitrogens is 2. The number of ether oxygens (including phenoxy) is 1. The monoisotopic (exact) mass is 358 g/mol. The summed E-state index contributed by atoms with van der Waals surface area (Å²) in [5, 5.41) is 8.41. The molecule has 0 saturated heterocycles. The maximum Gasteiger partial charge on any atom is 0.306 e. The van der Waals surface area contributed by atoms with Crippen LogP contribution in [0, 0.1) is 5.92 Å². The van der Waals surface area contributed by atoms with Crippen molar-refractivity contribution in [1.29, 1.82) is 0 Å². The van der Waals surface area contributed by atoms with Crippen LogP contribution in [0.2, 0.25) is 5.15 Å². The van der Waals surface area contributed by atoms with Crippen molar-refractivity contribution in [3.8, 4) is 11.3 Å². The molecule has 5 heteroatoms. The molecule has 0 unspecified atom stereocenters. The van der Waals surface area contributed by atoms with E-state index >= 15 is 0 Å². The summed E-state index contributed by atoms with van der Waals surface area (Å²) in [6, 6.07) is 12.2. The molecule has 4 nitrogen and oxygen atoms in total. The Morgan fingerprint density at radius 3 is 2.40 bits per heavy atom. The van der Waals surface area contributed by atoms with E-state index in [4.69, 9.17) is 16.3 Å². The zero-order valence-electron chi connectivity index (χ0n) is 14.5. The van der Waals surface area contributed by atoms with Crippen molar-refractivity contribution in [2.24, 2.45) is 5.92 Å². The van der Waals surface area contributed by atoms with Crippen molar-refractivity contribution < 1.29 is 9.53 Å².